The van der Waals surface area contributed by atoms with Crippen LogP contribution in [0.3, 0.4) is 0 Å². The van der Waals surface area contributed by atoms with Crippen molar-refractivity contribution in [3.63, 3.8) is 0 Å². The highest BCUT2D eigenvalue weighted by Crippen LogP contribution is 2.32. The van der Waals surface area contributed by atoms with E-state index < -0.39 is 0 Å². The highest BCUT2D eigenvalue weighted by Gasteiger charge is 2.09. The number of rotatable bonds is 4. The Morgan fingerprint density at radius 1 is 1.20 bits per heavy atom. The Morgan fingerprint density at radius 3 is 2.65 bits per heavy atom. The second-order valence-corrected chi connectivity index (χ2v) is 5.27. The zero-order valence-electron chi connectivity index (χ0n) is 11.2. The maximum absolute atomic E-state index is 6.12. The van der Waals surface area contributed by atoms with Crippen molar-refractivity contribution >= 4 is 40.4 Å². The van der Waals surface area contributed by atoms with Crippen molar-refractivity contribution in [2.45, 2.75) is 20.0 Å². The van der Waals surface area contributed by atoms with E-state index in [1.54, 1.807) is 24.3 Å². The summed E-state index contributed by atoms with van der Waals surface area (Å²) in [6.07, 6.45) is -0.00481. The number of nitrogens with zero attached hydrogens (tertiary/aromatic N) is 1. The number of anilines is 3. The van der Waals surface area contributed by atoms with Crippen molar-refractivity contribution in [3.05, 3.63) is 40.4 Å². The number of hydrogen-bond donors (Lipinski definition) is 2. The average Bonchev–Trinajstić information content (AvgIpc) is 2.38. The topological polar surface area (TPSA) is 60.2 Å². The minimum atomic E-state index is -0.00481. The van der Waals surface area contributed by atoms with Crippen molar-refractivity contribution in [1.82, 2.24) is 4.98 Å². The van der Waals surface area contributed by atoms with Gasteiger partial charge in [-0.25, -0.2) is 0 Å². The Labute approximate surface area is 127 Å². The summed E-state index contributed by atoms with van der Waals surface area (Å²) in [6, 6.07) is 8.82. The lowest BCUT2D eigenvalue weighted by Gasteiger charge is -2.13. The molecule has 0 aliphatic heterocycles. The number of benzene rings is 1. The molecule has 0 unspecified atom stereocenters. The van der Waals surface area contributed by atoms with Gasteiger partial charge in [0.05, 0.1) is 27.5 Å². The first-order chi connectivity index (χ1) is 9.47. The van der Waals surface area contributed by atoms with Gasteiger partial charge in [0, 0.05) is 0 Å². The fourth-order valence-corrected chi connectivity index (χ4v) is 1.92. The molecule has 4 nitrogen and oxygen atoms in total. The third kappa shape index (κ3) is 3.46. The van der Waals surface area contributed by atoms with E-state index in [0.29, 0.717) is 33.1 Å². The number of pyridine rings is 1. The number of nitrogen functional groups attached to an aromatic ring is 1. The molecule has 0 aliphatic rings. The third-order valence-corrected chi connectivity index (χ3v) is 3.27. The second kappa shape index (κ2) is 6.20. The monoisotopic (exact) mass is 311 g/mol. The molecule has 2 rings (SSSR count). The van der Waals surface area contributed by atoms with E-state index in [2.05, 4.69) is 10.3 Å². The van der Waals surface area contributed by atoms with Crippen LogP contribution in [-0.4, -0.2) is 11.1 Å². The van der Waals surface area contributed by atoms with Crippen LogP contribution in [0.15, 0.2) is 30.3 Å². The van der Waals surface area contributed by atoms with Crippen LogP contribution in [0, 0.1) is 0 Å². The summed E-state index contributed by atoms with van der Waals surface area (Å²) in [7, 11) is 0. The van der Waals surface area contributed by atoms with Crippen LogP contribution in [0.5, 0.6) is 5.88 Å². The van der Waals surface area contributed by atoms with Crippen molar-refractivity contribution in [2.24, 2.45) is 0 Å². The maximum atomic E-state index is 6.12. The molecule has 0 spiro atoms. The number of nitrogens with one attached hydrogen (secondary N) is 1. The molecule has 0 radical (unpaired) electrons. The highest BCUT2D eigenvalue weighted by molar-refractivity contribution is 6.43. The number of aromatic nitrogens is 1. The van der Waals surface area contributed by atoms with Gasteiger partial charge in [0.1, 0.15) is 5.82 Å². The Kier molecular flexibility index (Phi) is 4.57. The number of hydrogen-bond acceptors (Lipinski definition) is 4. The lowest BCUT2D eigenvalue weighted by Crippen LogP contribution is -2.09. The van der Waals surface area contributed by atoms with E-state index in [1.807, 2.05) is 19.9 Å². The van der Waals surface area contributed by atoms with Gasteiger partial charge in [0.15, 0.2) is 0 Å². The molecule has 3 N–H and O–H groups in total. The molecule has 0 amide bonds. The quantitative estimate of drug-likeness (QED) is 0.872. The maximum Gasteiger partial charge on any atom is 0.239 e. The summed E-state index contributed by atoms with van der Waals surface area (Å²) >= 11 is 12.1. The second-order valence-electron chi connectivity index (χ2n) is 4.48. The molecule has 0 saturated heterocycles. The van der Waals surface area contributed by atoms with E-state index in [9.17, 15) is 0 Å². The minimum Gasteiger partial charge on any atom is -0.473 e. The minimum absolute atomic E-state index is 0.00481. The predicted octanol–water partition coefficient (Wildman–Crippen LogP) is 4.50. The normalized spacial score (nSPS) is 10.7. The molecule has 0 aliphatic carbocycles. The van der Waals surface area contributed by atoms with Gasteiger partial charge in [0.25, 0.3) is 0 Å². The first kappa shape index (κ1) is 14.8. The fraction of sp³-hybridized carbons (Fsp3) is 0.214. The number of nitrogens with two attached hydrogens (primary N) is 1. The molecule has 1 aromatic carbocycles. The van der Waals surface area contributed by atoms with Crippen LogP contribution in [0.1, 0.15) is 13.8 Å². The van der Waals surface area contributed by atoms with Crippen LogP contribution in [0.25, 0.3) is 0 Å². The molecular weight excluding hydrogens is 297 g/mol. The molecule has 20 heavy (non-hydrogen) atoms. The van der Waals surface area contributed by atoms with Crippen molar-refractivity contribution in [2.75, 3.05) is 11.1 Å². The summed E-state index contributed by atoms with van der Waals surface area (Å²) in [4.78, 5) is 4.32. The van der Waals surface area contributed by atoms with Crippen LogP contribution in [-0.2, 0) is 0 Å². The molecule has 6 heteroatoms. The lowest BCUT2D eigenvalue weighted by molar-refractivity contribution is 0.234. The van der Waals surface area contributed by atoms with Gasteiger partial charge in [-0.1, -0.05) is 29.3 Å². The molecule has 0 bridgehead atoms. The van der Waals surface area contributed by atoms with Gasteiger partial charge in [-0.05, 0) is 38.1 Å². The van der Waals surface area contributed by atoms with Gasteiger partial charge in [0.2, 0.25) is 5.88 Å². The van der Waals surface area contributed by atoms with Crippen LogP contribution in [0.4, 0.5) is 17.2 Å². The summed E-state index contributed by atoms with van der Waals surface area (Å²) in [5, 5.41) is 4.01. The summed E-state index contributed by atoms with van der Waals surface area (Å²) < 4.78 is 5.54. The van der Waals surface area contributed by atoms with Gasteiger partial charge in [-0.15, -0.1) is 0 Å². The van der Waals surface area contributed by atoms with E-state index in [4.69, 9.17) is 33.7 Å². The molecule has 1 heterocycles. The molecule has 106 valence electrons. The molecule has 2 aromatic rings. The summed E-state index contributed by atoms with van der Waals surface area (Å²) in [6.45, 7) is 3.82. The van der Waals surface area contributed by atoms with E-state index in [0.717, 1.165) is 0 Å². The van der Waals surface area contributed by atoms with E-state index in [-0.39, 0.29) is 6.10 Å². The van der Waals surface area contributed by atoms with Crippen molar-refractivity contribution < 1.29 is 4.74 Å². The first-order valence-electron chi connectivity index (χ1n) is 6.11. The zero-order chi connectivity index (χ0) is 14.7. The number of halogens is 2. The van der Waals surface area contributed by atoms with Gasteiger partial charge >= 0.3 is 0 Å². The molecule has 0 saturated carbocycles. The zero-order valence-corrected chi connectivity index (χ0v) is 12.7. The Balaban J connectivity index is 2.27. The fourth-order valence-electron chi connectivity index (χ4n) is 1.58. The standard InChI is InChI=1S/C14H15Cl2N3O/c1-8(2)20-14-10(17)6-7-12(19-14)18-11-5-3-4-9(15)13(11)16/h3-8H,17H2,1-2H3,(H,18,19). The van der Waals surface area contributed by atoms with Crippen LogP contribution in [0.2, 0.25) is 10.0 Å². The largest absolute Gasteiger partial charge is 0.473 e. The van der Waals surface area contributed by atoms with Gasteiger partial charge < -0.3 is 15.8 Å². The average molecular weight is 312 g/mol. The van der Waals surface area contributed by atoms with Crippen LogP contribution < -0.4 is 15.8 Å². The Hall–Kier alpha value is -1.65. The predicted molar refractivity (Wildman–Crippen MR) is 84.2 cm³/mol. The van der Waals surface area contributed by atoms with Crippen molar-refractivity contribution in [3.8, 4) is 5.88 Å². The molecular formula is C14H15Cl2N3O. The van der Waals surface area contributed by atoms with E-state index in [1.165, 1.54) is 0 Å². The smallest absolute Gasteiger partial charge is 0.239 e. The molecule has 0 atom stereocenters. The first-order valence-corrected chi connectivity index (χ1v) is 6.87. The number of ether oxygens (including phenoxy) is 1. The summed E-state index contributed by atoms with van der Waals surface area (Å²) in [5.74, 6) is 0.974. The van der Waals surface area contributed by atoms with Gasteiger partial charge in [-0.3, -0.25) is 0 Å². The molecule has 1 aromatic heterocycles. The van der Waals surface area contributed by atoms with Crippen LogP contribution >= 0.6 is 23.2 Å². The third-order valence-electron chi connectivity index (χ3n) is 2.45. The SMILES string of the molecule is CC(C)Oc1nc(Nc2cccc(Cl)c2Cl)ccc1N. The van der Waals surface area contributed by atoms with E-state index >= 15 is 0 Å². The Morgan fingerprint density at radius 2 is 1.95 bits per heavy atom. The van der Waals surface area contributed by atoms with Crippen molar-refractivity contribution in [1.29, 1.82) is 0 Å². The summed E-state index contributed by atoms with van der Waals surface area (Å²) in [5.41, 5.74) is 6.98. The molecule has 0 fully saturated rings. The highest BCUT2D eigenvalue weighted by atomic mass is 35.5. The van der Waals surface area contributed by atoms with Gasteiger partial charge in [-0.2, -0.15) is 4.98 Å². The lowest BCUT2D eigenvalue weighted by atomic mass is 10.3. The Bertz CT molecular complexity index is 617.